The Kier molecular flexibility index (Phi) is 2.34. The molecule has 0 saturated carbocycles. The standard InChI is InChI=1S/C11H16N2/c1-8-4-2-6-10-9(8)5-3-7-11(10)13-12/h2,4,6,11,13H,3,5,7,12H2,1H3. The lowest BCUT2D eigenvalue weighted by Crippen LogP contribution is -2.30. The molecule has 0 radical (unpaired) electrons. The molecular weight excluding hydrogens is 160 g/mol. The van der Waals surface area contributed by atoms with Gasteiger partial charge in [-0.15, -0.1) is 0 Å². The summed E-state index contributed by atoms with van der Waals surface area (Å²) in [7, 11) is 0. The number of hydrogen-bond donors (Lipinski definition) is 2. The van der Waals surface area contributed by atoms with Gasteiger partial charge in [0.15, 0.2) is 0 Å². The van der Waals surface area contributed by atoms with E-state index in [4.69, 9.17) is 5.84 Å². The number of aryl methyl sites for hydroxylation is 1. The lowest BCUT2D eigenvalue weighted by Gasteiger charge is -2.25. The van der Waals surface area contributed by atoms with Gasteiger partial charge in [-0.25, -0.2) is 0 Å². The van der Waals surface area contributed by atoms with E-state index in [2.05, 4.69) is 30.5 Å². The summed E-state index contributed by atoms with van der Waals surface area (Å²) in [4.78, 5) is 0. The minimum Gasteiger partial charge on any atom is -0.271 e. The molecule has 1 aromatic carbocycles. The van der Waals surface area contributed by atoms with Crippen molar-refractivity contribution < 1.29 is 0 Å². The fourth-order valence-corrected chi connectivity index (χ4v) is 2.20. The lowest BCUT2D eigenvalue weighted by molar-refractivity contribution is 0.471. The molecule has 0 bridgehead atoms. The van der Waals surface area contributed by atoms with E-state index in [1.165, 1.54) is 29.5 Å². The molecular formula is C11H16N2. The summed E-state index contributed by atoms with van der Waals surface area (Å²) in [6, 6.07) is 6.84. The van der Waals surface area contributed by atoms with E-state index in [0.717, 1.165) is 6.42 Å². The van der Waals surface area contributed by atoms with Gasteiger partial charge in [0.1, 0.15) is 0 Å². The SMILES string of the molecule is Cc1cccc2c1CCCC2NN. The monoisotopic (exact) mass is 176 g/mol. The van der Waals surface area contributed by atoms with Gasteiger partial charge in [0, 0.05) is 6.04 Å². The van der Waals surface area contributed by atoms with Gasteiger partial charge in [-0.2, -0.15) is 0 Å². The number of hydrazine groups is 1. The molecule has 0 saturated heterocycles. The average Bonchev–Trinajstić information content (AvgIpc) is 2.18. The zero-order valence-electron chi connectivity index (χ0n) is 8.01. The van der Waals surface area contributed by atoms with Crippen LogP contribution in [0.25, 0.3) is 0 Å². The Labute approximate surface area is 79.1 Å². The minimum atomic E-state index is 0.364. The topological polar surface area (TPSA) is 38.0 Å². The van der Waals surface area contributed by atoms with Gasteiger partial charge in [-0.3, -0.25) is 11.3 Å². The molecule has 1 aliphatic carbocycles. The smallest absolute Gasteiger partial charge is 0.0462 e. The van der Waals surface area contributed by atoms with Crippen molar-refractivity contribution in [2.24, 2.45) is 5.84 Å². The number of rotatable bonds is 1. The molecule has 0 amide bonds. The van der Waals surface area contributed by atoms with Crippen molar-refractivity contribution in [3.8, 4) is 0 Å². The van der Waals surface area contributed by atoms with Crippen molar-refractivity contribution in [3.05, 3.63) is 34.9 Å². The van der Waals surface area contributed by atoms with Gasteiger partial charge in [-0.1, -0.05) is 18.2 Å². The Morgan fingerprint density at radius 3 is 3.08 bits per heavy atom. The third-order valence-electron chi connectivity index (χ3n) is 2.94. The molecule has 2 nitrogen and oxygen atoms in total. The van der Waals surface area contributed by atoms with Gasteiger partial charge >= 0.3 is 0 Å². The summed E-state index contributed by atoms with van der Waals surface area (Å²) in [6.07, 6.45) is 3.61. The molecule has 13 heavy (non-hydrogen) atoms. The van der Waals surface area contributed by atoms with Crippen LogP contribution in [0, 0.1) is 6.92 Å². The quantitative estimate of drug-likeness (QED) is 0.506. The molecule has 0 aliphatic heterocycles. The molecule has 0 heterocycles. The van der Waals surface area contributed by atoms with Crippen LogP contribution in [0.5, 0.6) is 0 Å². The summed E-state index contributed by atoms with van der Waals surface area (Å²) < 4.78 is 0. The highest BCUT2D eigenvalue weighted by atomic mass is 15.2. The first-order valence-corrected chi connectivity index (χ1v) is 4.87. The van der Waals surface area contributed by atoms with E-state index in [0.29, 0.717) is 6.04 Å². The molecule has 1 atom stereocenters. The summed E-state index contributed by atoms with van der Waals surface area (Å²) in [5.41, 5.74) is 7.18. The van der Waals surface area contributed by atoms with E-state index in [1.807, 2.05) is 0 Å². The Balaban J connectivity index is 2.45. The molecule has 3 N–H and O–H groups in total. The second-order valence-corrected chi connectivity index (χ2v) is 3.75. The van der Waals surface area contributed by atoms with Crippen molar-refractivity contribution in [1.29, 1.82) is 0 Å². The Bertz CT molecular complexity index is 307. The fourth-order valence-electron chi connectivity index (χ4n) is 2.20. The van der Waals surface area contributed by atoms with Crippen LogP contribution in [0.4, 0.5) is 0 Å². The Morgan fingerprint density at radius 1 is 1.46 bits per heavy atom. The summed E-state index contributed by atoms with van der Waals surface area (Å²) in [5, 5.41) is 0. The largest absolute Gasteiger partial charge is 0.271 e. The Hall–Kier alpha value is -0.860. The first kappa shape index (κ1) is 8.73. The van der Waals surface area contributed by atoms with Crippen LogP contribution in [-0.2, 0) is 6.42 Å². The van der Waals surface area contributed by atoms with E-state index in [-0.39, 0.29) is 0 Å². The molecule has 2 heteroatoms. The number of nitrogens with two attached hydrogens (primary N) is 1. The summed E-state index contributed by atoms with van der Waals surface area (Å²) >= 11 is 0. The van der Waals surface area contributed by atoms with Crippen LogP contribution in [0.15, 0.2) is 18.2 Å². The lowest BCUT2D eigenvalue weighted by atomic mass is 9.85. The molecule has 70 valence electrons. The van der Waals surface area contributed by atoms with E-state index in [1.54, 1.807) is 0 Å². The molecule has 0 aromatic heterocycles. The van der Waals surface area contributed by atoms with E-state index in [9.17, 15) is 0 Å². The minimum absolute atomic E-state index is 0.364. The van der Waals surface area contributed by atoms with Crippen molar-refractivity contribution >= 4 is 0 Å². The number of hydrogen-bond acceptors (Lipinski definition) is 2. The van der Waals surface area contributed by atoms with Gasteiger partial charge in [-0.05, 0) is 42.9 Å². The van der Waals surface area contributed by atoms with Gasteiger partial charge in [0.2, 0.25) is 0 Å². The first-order chi connectivity index (χ1) is 6.33. The normalized spacial score (nSPS) is 21.2. The molecule has 0 spiro atoms. The Morgan fingerprint density at radius 2 is 2.31 bits per heavy atom. The molecule has 1 aliphatic rings. The van der Waals surface area contributed by atoms with E-state index < -0.39 is 0 Å². The summed E-state index contributed by atoms with van der Waals surface area (Å²) in [5.74, 6) is 5.52. The number of fused-ring (bicyclic) bond motifs is 1. The average molecular weight is 176 g/mol. The van der Waals surface area contributed by atoms with Gasteiger partial charge in [0.25, 0.3) is 0 Å². The zero-order valence-corrected chi connectivity index (χ0v) is 8.01. The predicted octanol–water partition coefficient (Wildman–Crippen LogP) is 1.84. The van der Waals surface area contributed by atoms with E-state index >= 15 is 0 Å². The third kappa shape index (κ3) is 1.47. The zero-order chi connectivity index (χ0) is 9.26. The molecule has 2 rings (SSSR count). The highest BCUT2D eigenvalue weighted by Gasteiger charge is 2.19. The van der Waals surface area contributed by atoms with Crippen molar-refractivity contribution in [2.45, 2.75) is 32.2 Å². The summed E-state index contributed by atoms with van der Waals surface area (Å²) in [6.45, 7) is 2.18. The number of nitrogens with one attached hydrogen (secondary N) is 1. The van der Waals surface area contributed by atoms with Crippen molar-refractivity contribution in [2.75, 3.05) is 0 Å². The maximum atomic E-state index is 5.52. The second kappa shape index (κ2) is 3.48. The highest BCUT2D eigenvalue weighted by Crippen LogP contribution is 2.30. The molecule has 1 aromatic rings. The van der Waals surface area contributed by atoms with Crippen LogP contribution >= 0.6 is 0 Å². The van der Waals surface area contributed by atoms with Crippen LogP contribution in [0.2, 0.25) is 0 Å². The second-order valence-electron chi connectivity index (χ2n) is 3.75. The predicted molar refractivity (Wildman–Crippen MR) is 54.2 cm³/mol. The first-order valence-electron chi connectivity index (χ1n) is 4.87. The highest BCUT2D eigenvalue weighted by molar-refractivity contribution is 5.38. The molecule has 0 fully saturated rings. The maximum absolute atomic E-state index is 5.52. The number of benzene rings is 1. The maximum Gasteiger partial charge on any atom is 0.0462 e. The van der Waals surface area contributed by atoms with Crippen molar-refractivity contribution in [3.63, 3.8) is 0 Å². The molecule has 1 unspecified atom stereocenters. The van der Waals surface area contributed by atoms with Crippen molar-refractivity contribution in [1.82, 2.24) is 5.43 Å². The van der Waals surface area contributed by atoms with Crippen LogP contribution in [0.3, 0.4) is 0 Å². The van der Waals surface area contributed by atoms with Crippen LogP contribution in [-0.4, -0.2) is 0 Å². The fraction of sp³-hybridized carbons (Fsp3) is 0.455. The van der Waals surface area contributed by atoms with Crippen LogP contribution in [0.1, 0.15) is 35.6 Å². The van der Waals surface area contributed by atoms with Crippen LogP contribution < -0.4 is 11.3 Å². The van der Waals surface area contributed by atoms with Gasteiger partial charge in [0.05, 0.1) is 0 Å². The van der Waals surface area contributed by atoms with Gasteiger partial charge < -0.3 is 0 Å². The third-order valence-corrected chi connectivity index (χ3v) is 2.94.